The van der Waals surface area contributed by atoms with E-state index in [9.17, 15) is 9.59 Å². The lowest BCUT2D eigenvalue weighted by Gasteiger charge is -2.43. The summed E-state index contributed by atoms with van der Waals surface area (Å²) in [6.45, 7) is 12.9. The number of piperidine rings is 1. The zero-order chi connectivity index (χ0) is 24.7. The van der Waals surface area contributed by atoms with Crippen LogP contribution in [0.3, 0.4) is 0 Å². The van der Waals surface area contributed by atoms with Crippen LogP contribution >= 0.6 is 0 Å². The predicted molar refractivity (Wildman–Crippen MR) is 140 cm³/mol. The highest BCUT2D eigenvalue weighted by Crippen LogP contribution is 2.36. The van der Waals surface area contributed by atoms with Crippen molar-refractivity contribution in [2.45, 2.75) is 59.2 Å². The molecular formula is C28H37N5O2. The fourth-order valence-electron chi connectivity index (χ4n) is 6.07. The number of aromatic amines is 1. The molecule has 7 nitrogen and oxygen atoms in total. The zero-order valence-electron chi connectivity index (χ0n) is 21.3. The smallest absolute Gasteiger partial charge is 0.254 e. The van der Waals surface area contributed by atoms with Gasteiger partial charge >= 0.3 is 0 Å². The molecule has 1 aromatic carbocycles. The van der Waals surface area contributed by atoms with E-state index < -0.39 is 0 Å². The third-order valence-electron chi connectivity index (χ3n) is 8.24. The maximum absolute atomic E-state index is 13.5. The van der Waals surface area contributed by atoms with Crippen LogP contribution in [0, 0.1) is 26.7 Å². The molecule has 1 amide bonds. The Balaban J connectivity index is 1.39. The second-order valence-electron chi connectivity index (χ2n) is 10.4. The highest BCUT2D eigenvalue weighted by atomic mass is 16.2. The number of H-pyrrole nitrogens is 1. The van der Waals surface area contributed by atoms with Gasteiger partial charge in [0.05, 0.1) is 5.56 Å². The van der Waals surface area contributed by atoms with Crippen molar-refractivity contribution in [3.05, 3.63) is 68.8 Å². The van der Waals surface area contributed by atoms with Gasteiger partial charge in [-0.1, -0.05) is 18.2 Å². The van der Waals surface area contributed by atoms with E-state index >= 15 is 0 Å². The SMILES string of the molecule is Cc1cc(C)c(CNC(=O)c2c(C)n(C(C)C3CCN(C4CNC4)CC3)c3ccccc23)c(=O)[nH]1. The normalized spacial score (nSPS) is 18.5. The minimum Gasteiger partial charge on any atom is -0.348 e. The van der Waals surface area contributed by atoms with Crippen LogP contribution < -0.4 is 16.2 Å². The van der Waals surface area contributed by atoms with Gasteiger partial charge in [0.15, 0.2) is 0 Å². The van der Waals surface area contributed by atoms with Gasteiger partial charge in [0, 0.05) is 59.6 Å². The molecule has 1 unspecified atom stereocenters. The van der Waals surface area contributed by atoms with Gasteiger partial charge in [0.2, 0.25) is 0 Å². The van der Waals surface area contributed by atoms with Crippen LogP contribution in [0.25, 0.3) is 10.9 Å². The van der Waals surface area contributed by atoms with Crippen molar-refractivity contribution in [2.24, 2.45) is 5.92 Å². The lowest BCUT2D eigenvalue weighted by atomic mass is 9.88. The monoisotopic (exact) mass is 475 g/mol. The second kappa shape index (κ2) is 9.63. The molecule has 2 aliphatic heterocycles. The average molecular weight is 476 g/mol. The summed E-state index contributed by atoms with van der Waals surface area (Å²) in [7, 11) is 0. The number of amides is 1. The summed E-state index contributed by atoms with van der Waals surface area (Å²) in [5.74, 6) is 0.454. The van der Waals surface area contributed by atoms with Crippen molar-refractivity contribution in [3.63, 3.8) is 0 Å². The van der Waals surface area contributed by atoms with Crippen LogP contribution in [0.5, 0.6) is 0 Å². The molecule has 3 N–H and O–H groups in total. The summed E-state index contributed by atoms with van der Waals surface area (Å²) in [4.78, 5) is 31.4. The largest absolute Gasteiger partial charge is 0.348 e. The van der Waals surface area contributed by atoms with Crippen molar-refractivity contribution in [1.82, 2.24) is 25.1 Å². The third-order valence-corrected chi connectivity index (χ3v) is 8.24. The average Bonchev–Trinajstić information content (AvgIpc) is 3.09. The van der Waals surface area contributed by atoms with Crippen LogP contribution in [0.4, 0.5) is 0 Å². The third kappa shape index (κ3) is 4.43. The summed E-state index contributed by atoms with van der Waals surface area (Å²) in [5.41, 5.74) is 5.00. The molecule has 4 heterocycles. The van der Waals surface area contributed by atoms with Crippen molar-refractivity contribution in [1.29, 1.82) is 0 Å². The van der Waals surface area contributed by atoms with Gasteiger partial charge in [-0.3, -0.25) is 14.5 Å². The zero-order valence-corrected chi connectivity index (χ0v) is 21.3. The second-order valence-corrected chi connectivity index (χ2v) is 10.4. The maximum atomic E-state index is 13.5. The first kappa shape index (κ1) is 23.8. The number of nitrogens with one attached hydrogen (secondary N) is 3. The van der Waals surface area contributed by atoms with Crippen LogP contribution in [0.15, 0.2) is 35.1 Å². The Hall–Kier alpha value is -2.90. The first-order chi connectivity index (χ1) is 16.8. The number of nitrogens with zero attached hydrogens (tertiary/aromatic N) is 2. The van der Waals surface area contributed by atoms with Crippen molar-refractivity contribution < 1.29 is 4.79 Å². The van der Waals surface area contributed by atoms with Gasteiger partial charge in [-0.15, -0.1) is 0 Å². The summed E-state index contributed by atoms with van der Waals surface area (Å²) < 4.78 is 2.37. The number of hydrogen-bond donors (Lipinski definition) is 3. The molecule has 2 aromatic heterocycles. The number of rotatable bonds is 6. The molecule has 35 heavy (non-hydrogen) atoms. The van der Waals surface area contributed by atoms with Crippen molar-refractivity contribution in [3.8, 4) is 0 Å². The van der Waals surface area contributed by atoms with Gasteiger partial charge in [0.25, 0.3) is 11.5 Å². The van der Waals surface area contributed by atoms with Crippen LogP contribution in [0.2, 0.25) is 0 Å². The molecule has 0 spiro atoms. The Morgan fingerprint density at radius 1 is 1.14 bits per heavy atom. The lowest BCUT2D eigenvalue weighted by Crippen LogP contribution is -2.58. The molecule has 2 fully saturated rings. The van der Waals surface area contributed by atoms with E-state index in [0.29, 0.717) is 29.1 Å². The fraction of sp³-hybridized carbons (Fsp3) is 0.500. The molecule has 0 aliphatic carbocycles. The number of likely N-dealkylation sites (tertiary alicyclic amines) is 1. The van der Waals surface area contributed by atoms with Gasteiger partial charge in [-0.25, -0.2) is 0 Å². The number of para-hydroxylation sites is 1. The van der Waals surface area contributed by atoms with Gasteiger partial charge in [0.1, 0.15) is 0 Å². The van der Waals surface area contributed by atoms with E-state index in [1.54, 1.807) is 0 Å². The number of benzene rings is 1. The molecular weight excluding hydrogens is 438 g/mol. The standard InChI is InChI=1S/C28H37N5O2/c1-17-13-18(2)31-27(34)24(17)16-30-28(35)26-20(4)33(25-8-6-5-7-23(25)26)19(3)21-9-11-32(12-10-21)22-14-29-15-22/h5-8,13,19,21-22,29H,9-12,14-16H2,1-4H3,(H,30,35)(H,31,34). The molecule has 7 heteroatoms. The quantitative estimate of drug-likeness (QED) is 0.510. The van der Waals surface area contributed by atoms with Gasteiger partial charge in [-0.2, -0.15) is 0 Å². The maximum Gasteiger partial charge on any atom is 0.254 e. The summed E-state index contributed by atoms with van der Waals surface area (Å²) in [6, 6.07) is 11.2. The van der Waals surface area contributed by atoms with Crippen LogP contribution in [-0.2, 0) is 6.54 Å². The Labute approximate surface area is 206 Å². The van der Waals surface area contributed by atoms with E-state index in [2.05, 4.69) is 45.0 Å². The van der Waals surface area contributed by atoms with Crippen molar-refractivity contribution >= 4 is 16.8 Å². The lowest BCUT2D eigenvalue weighted by molar-refractivity contribution is 0.0855. The molecule has 0 saturated carbocycles. The van der Waals surface area contributed by atoms with Crippen LogP contribution in [0.1, 0.15) is 58.7 Å². The molecule has 186 valence electrons. The molecule has 0 radical (unpaired) electrons. The first-order valence-corrected chi connectivity index (χ1v) is 12.9. The number of fused-ring (bicyclic) bond motifs is 1. The predicted octanol–water partition coefficient (Wildman–Crippen LogP) is 3.43. The number of aryl methyl sites for hydroxylation is 2. The minimum atomic E-state index is -0.139. The van der Waals surface area contributed by atoms with E-state index in [1.807, 2.05) is 38.1 Å². The number of hydrogen-bond acceptors (Lipinski definition) is 4. The van der Waals surface area contributed by atoms with Gasteiger partial charge in [-0.05, 0) is 77.2 Å². The Morgan fingerprint density at radius 2 is 1.86 bits per heavy atom. The van der Waals surface area contributed by atoms with Gasteiger partial charge < -0.3 is 20.2 Å². The molecule has 2 saturated heterocycles. The molecule has 5 rings (SSSR count). The Bertz CT molecular complexity index is 1290. The van der Waals surface area contributed by atoms with Crippen LogP contribution in [-0.4, -0.2) is 52.6 Å². The summed E-state index contributed by atoms with van der Waals surface area (Å²) >= 11 is 0. The minimum absolute atomic E-state index is 0.128. The van der Waals surface area contributed by atoms with E-state index in [-0.39, 0.29) is 18.0 Å². The molecule has 0 bridgehead atoms. The number of carbonyl (C=O) groups excluding carboxylic acids is 1. The number of aromatic nitrogens is 2. The van der Waals surface area contributed by atoms with E-state index in [4.69, 9.17) is 0 Å². The summed E-state index contributed by atoms with van der Waals surface area (Å²) in [6.07, 6.45) is 2.36. The topological polar surface area (TPSA) is 82.2 Å². The Kier molecular flexibility index (Phi) is 6.55. The highest BCUT2D eigenvalue weighted by Gasteiger charge is 2.32. The first-order valence-electron chi connectivity index (χ1n) is 12.9. The summed E-state index contributed by atoms with van der Waals surface area (Å²) in [5, 5.41) is 7.39. The highest BCUT2D eigenvalue weighted by molar-refractivity contribution is 6.08. The van der Waals surface area contributed by atoms with E-state index in [0.717, 1.165) is 54.0 Å². The van der Waals surface area contributed by atoms with Crippen molar-refractivity contribution in [2.75, 3.05) is 26.2 Å². The number of carbonyl (C=O) groups is 1. The molecule has 2 aliphatic rings. The Morgan fingerprint density at radius 3 is 2.51 bits per heavy atom. The fourth-order valence-corrected chi connectivity index (χ4v) is 6.07. The molecule has 1 atom stereocenters. The molecule has 3 aromatic rings. The number of pyridine rings is 1. The van der Waals surface area contributed by atoms with E-state index in [1.165, 1.54) is 12.8 Å².